The summed E-state index contributed by atoms with van der Waals surface area (Å²) in [6, 6.07) is 7.38. The molecule has 27 heavy (non-hydrogen) atoms. The Labute approximate surface area is 170 Å². The highest BCUT2D eigenvalue weighted by molar-refractivity contribution is 8.77. The number of rotatable bonds is 12. The summed E-state index contributed by atoms with van der Waals surface area (Å²) in [4.78, 5) is 12.1. The highest BCUT2D eigenvalue weighted by Gasteiger charge is 2.23. The van der Waals surface area contributed by atoms with Crippen molar-refractivity contribution in [2.75, 3.05) is 24.3 Å². The normalized spacial score (nSPS) is 17.2. The van der Waals surface area contributed by atoms with Crippen LogP contribution in [0.4, 0.5) is 5.69 Å². The molecule has 0 saturated carbocycles. The zero-order chi connectivity index (χ0) is 19.5. The monoisotopic (exact) mass is 431 g/mol. The van der Waals surface area contributed by atoms with Crippen LogP contribution in [-0.4, -0.2) is 30.1 Å². The maximum atomic E-state index is 12.6. The molecule has 1 heterocycles. The first-order valence-corrected chi connectivity index (χ1v) is 13.7. The van der Waals surface area contributed by atoms with Crippen LogP contribution in [0.2, 0.25) is 0 Å². The number of anilines is 1. The molecule has 1 unspecified atom stereocenters. The van der Waals surface area contributed by atoms with Crippen molar-refractivity contribution in [3.8, 4) is 0 Å². The second kappa shape index (κ2) is 12.2. The molecule has 0 spiro atoms. The molecule has 2 rings (SSSR count). The van der Waals surface area contributed by atoms with E-state index in [1.165, 1.54) is 18.6 Å². The minimum absolute atomic E-state index is 0.0468. The van der Waals surface area contributed by atoms with Crippen molar-refractivity contribution >= 4 is 40.8 Å². The molecule has 5 nitrogen and oxygen atoms in total. The van der Waals surface area contributed by atoms with Gasteiger partial charge in [-0.1, -0.05) is 40.1 Å². The Kier molecular flexibility index (Phi) is 10.3. The van der Waals surface area contributed by atoms with Crippen LogP contribution in [0.25, 0.3) is 0 Å². The van der Waals surface area contributed by atoms with Crippen LogP contribution < -0.4 is 5.32 Å². The van der Waals surface area contributed by atoms with E-state index in [4.69, 9.17) is 9.05 Å². The van der Waals surface area contributed by atoms with E-state index in [2.05, 4.69) is 5.32 Å². The van der Waals surface area contributed by atoms with E-state index in [1.54, 1.807) is 13.8 Å². The Balaban J connectivity index is 1.73. The second-order valence-electron chi connectivity index (χ2n) is 6.42. The van der Waals surface area contributed by atoms with Crippen LogP contribution in [0.1, 0.15) is 51.5 Å². The third kappa shape index (κ3) is 8.61. The standard InChI is InChI=1S/C19H30NO4PS2/c1-3-23-25(22,24-4-2)15-16-9-11-17(12-10-16)20-19(21)8-6-5-7-18-13-14-26-27-18/h9-12,18H,3-8,13-15H2,1-2H3,(H,20,21). The highest BCUT2D eigenvalue weighted by Crippen LogP contribution is 2.51. The average Bonchev–Trinajstić information content (AvgIpc) is 3.14. The molecule has 0 aliphatic carbocycles. The molecule has 1 saturated heterocycles. The summed E-state index contributed by atoms with van der Waals surface area (Å²) in [6.07, 6.45) is 5.33. The summed E-state index contributed by atoms with van der Waals surface area (Å²) in [5.41, 5.74) is 1.62. The quantitative estimate of drug-likeness (QED) is 0.245. The van der Waals surface area contributed by atoms with Crippen LogP contribution in [0.3, 0.4) is 0 Å². The second-order valence-corrected chi connectivity index (χ2v) is 11.3. The van der Waals surface area contributed by atoms with Crippen LogP contribution in [0.15, 0.2) is 24.3 Å². The van der Waals surface area contributed by atoms with Gasteiger partial charge in [0.05, 0.1) is 19.4 Å². The molecule has 1 fully saturated rings. The van der Waals surface area contributed by atoms with Crippen molar-refractivity contribution in [3.05, 3.63) is 29.8 Å². The molecule has 1 N–H and O–H groups in total. The first-order chi connectivity index (χ1) is 13.0. The summed E-state index contributed by atoms with van der Waals surface area (Å²) < 4.78 is 23.2. The number of nitrogens with one attached hydrogen (secondary N) is 1. The van der Waals surface area contributed by atoms with Gasteiger partial charge in [0.1, 0.15) is 0 Å². The topological polar surface area (TPSA) is 64.6 Å². The lowest BCUT2D eigenvalue weighted by molar-refractivity contribution is -0.116. The number of hydrogen-bond acceptors (Lipinski definition) is 6. The van der Waals surface area contributed by atoms with Gasteiger partial charge in [0, 0.05) is 23.1 Å². The first kappa shape index (κ1) is 22.8. The first-order valence-electron chi connectivity index (χ1n) is 9.60. The molecule has 8 heteroatoms. The third-order valence-electron chi connectivity index (χ3n) is 4.17. The van der Waals surface area contributed by atoms with E-state index in [0.717, 1.165) is 29.3 Å². The lowest BCUT2D eigenvalue weighted by Crippen LogP contribution is -2.11. The number of hydrogen-bond donors (Lipinski definition) is 1. The number of carbonyl (C=O) groups excluding carboxylic acids is 1. The number of amides is 1. The molecule has 1 aromatic carbocycles. The highest BCUT2D eigenvalue weighted by atomic mass is 33.1. The fourth-order valence-electron chi connectivity index (χ4n) is 2.88. The van der Waals surface area contributed by atoms with Crippen molar-refractivity contribution in [3.63, 3.8) is 0 Å². The van der Waals surface area contributed by atoms with Gasteiger partial charge in [-0.2, -0.15) is 0 Å². The molecular formula is C19H30NO4PS2. The van der Waals surface area contributed by atoms with Crippen molar-refractivity contribution in [1.82, 2.24) is 0 Å². The molecule has 0 radical (unpaired) electrons. The Morgan fingerprint density at radius 3 is 2.48 bits per heavy atom. The molecule has 1 aliphatic rings. The predicted molar refractivity (Wildman–Crippen MR) is 117 cm³/mol. The Hall–Kier alpha value is -0.460. The summed E-state index contributed by atoms with van der Waals surface area (Å²) in [5.74, 6) is 1.31. The minimum atomic E-state index is -3.10. The summed E-state index contributed by atoms with van der Waals surface area (Å²) in [6.45, 7) is 4.30. The van der Waals surface area contributed by atoms with Crippen LogP contribution in [0.5, 0.6) is 0 Å². The zero-order valence-electron chi connectivity index (χ0n) is 16.1. The lowest BCUT2D eigenvalue weighted by atomic mass is 10.1. The maximum Gasteiger partial charge on any atom is 0.335 e. The maximum absolute atomic E-state index is 12.6. The Bertz CT molecular complexity index is 611. The third-order valence-corrected chi connectivity index (χ3v) is 9.24. The lowest BCUT2D eigenvalue weighted by Gasteiger charge is -2.17. The van der Waals surface area contributed by atoms with Crippen LogP contribution in [0, 0.1) is 0 Å². The minimum Gasteiger partial charge on any atom is -0.326 e. The number of unbranched alkanes of at least 4 members (excludes halogenated alkanes) is 1. The Morgan fingerprint density at radius 1 is 1.19 bits per heavy atom. The SMILES string of the molecule is CCOP(=O)(Cc1ccc(NC(=O)CCCCC2CCSS2)cc1)OCC. The van der Waals surface area contributed by atoms with Crippen molar-refractivity contribution in [1.29, 1.82) is 0 Å². The Morgan fingerprint density at radius 2 is 1.89 bits per heavy atom. The molecule has 1 atom stereocenters. The molecule has 152 valence electrons. The van der Waals surface area contributed by atoms with Crippen molar-refractivity contribution in [2.24, 2.45) is 0 Å². The van der Waals surface area contributed by atoms with Gasteiger partial charge in [-0.15, -0.1) is 0 Å². The van der Waals surface area contributed by atoms with Crippen molar-refractivity contribution < 1.29 is 18.4 Å². The van der Waals surface area contributed by atoms with E-state index in [1.807, 2.05) is 45.9 Å². The van der Waals surface area contributed by atoms with Gasteiger partial charge in [0.2, 0.25) is 5.91 Å². The zero-order valence-corrected chi connectivity index (χ0v) is 18.7. The molecule has 1 amide bonds. The van der Waals surface area contributed by atoms with E-state index >= 15 is 0 Å². The van der Waals surface area contributed by atoms with Gasteiger partial charge in [-0.05, 0) is 50.8 Å². The van der Waals surface area contributed by atoms with Gasteiger partial charge in [0.25, 0.3) is 0 Å². The predicted octanol–water partition coefficient (Wildman–Crippen LogP) is 6.11. The summed E-state index contributed by atoms with van der Waals surface area (Å²) >= 11 is 0. The van der Waals surface area contributed by atoms with Crippen LogP contribution in [-0.2, 0) is 24.6 Å². The fraction of sp³-hybridized carbons (Fsp3) is 0.632. The molecule has 1 aromatic rings. The molecular weight excluding hydrogens is 401 g/mol. The van der Waals surface area contributed by atoms with E-state index in [0.29, 0.717) is 19.6 Å². The van der Waals surface area contributed by atoms with Crippen LogP contribution >= 0.6 is 29.2 Å². The van der Waals surface area contributed by atoms with E-state index < -0.39 is 7.60 Å². The van der Waals surface area contributed by atoms with Gasteiger partial charge in [0.15, 0.2) is 0 Å². The average molecular weight is 432 g/mol. The van der Waals surface area contributed by atoms with Gasteiger partial charge >= 0.3 is 7.60 Å². The summed E-state index contributed by atoms with van der Waals surface area (Å²) in [5, 5.41) is 3.70. The number of carbonyl (C=O) groups is 1. The molecule has 1 aliphatic heterocycles. The largest absolute Gasteiger partial charge is 0.335 e. The molecule has 0 bridgehead atoms. The van der Waals surface area contributed by atoms with E-state index in [-0.39, 0.29) is 12.1 Å². The van der Waals surface area contributed by atoms with Gasteiger partial charge < -0.3 is 14.4 Å². The smallest absolute Gasteiger partial charge is 0.326 e. The number of benzene rings is 1. The van der Waals surface area contributed by atoms with Gasteiger partial charge in [-0.3, -0.25) is 9.36 Å². The van der Waals surface area contributed by atoms with Gasteiger partial charge in [-0.25, -0.2) is 0 Å². The fourth-order valence-corrected chi connectivity index (χ4v) is 7.61. The van der Waals surface area contributed by atoms with E-state index in [9.17, 15) is 9.36 Å². The van der Waals surface area contributed by atoms with Crippen molar-refractivity contribution in [2.45, 2.75) is 57.4 Å². The molecule has 0 aromatic heterocycles. The summed E-state index contributed by atoms with van der Waals surface area (Å²) in [7, 11) is 0.853.